The first-order chi connectivity index (χ1) is 9.65. The van der Waals surface area contributed by atoms with Crippen molar-refractivity contribution in [3.8, 4) is 0 Å². The van der Waals surface area contributed by atoms with Crippen LogP contribution in [0, 0.1) is 0 Å². The summed E-state index contributed by atoms with van der Waals surface area (Å²) in [6.45, 7) is 0. The molecule has 0 amide bonds. The summed E-state index contributed by atoms with van der Waals surface area (Å²) in [5.41, 5.74) is 0.445. The van der Waals surface area contributed by atoms with E-state index in [1.807, 2.05) is 24.3 Å². The van der Waals surface area contributed by atoms with Gasteiger partial charge in [0.1, 0.15) is 0 Å². The zero-order valence-electron chi connectivity index (χ0n) is 10.5. The number of aromatic nitrogens is 1. The van der Waals surface area contributed by atoms with E-state index >= 15 is 0 Å². The summed E-state index contributed by atoms with van der Waals surface area (Å²) in [5, 5.41) is 1.90. The van der Waals surface area contributed by atoms with Crippen LogP contribution in [-0.2, 0) is 10.0 Å². The van der Waals surface area contributed by atoms with Gasteiger partial charge in [-0.1, -0.05) is 30.3 Å². The highest BCUT2D eigenvalue weighted by atomic mass is 32.2. The average Bonchev–Trinajstić information content (AvgIpc) is 2.47. The van der Waals surface area contributed by atoms with E-state index in [0.717, 1.165) is 10.8 Å². The molecule has 1 heterocycles. The first-order valence-corrected chi connectivity index (χ1v) is 7.55. The molecule has 0 fully saturated rings. The highest BCUT2D eigenvalue weighted by Gasteiger charge is 2.14. The Balaban J connectivity index is 2.01. The lowest BCUT2D eigenvalue weighted by atomic mass is 10.1. The van der Waals surface area contributed by atoms with Gasteiger partial charge < -0.3 is 0 Å². The summed E-state index contributed by atoms with van der Waals surface area (Å²) in [6.07, 6.45) is 3.06. The molecule has 100 valence electrons. The monoisotopic (exact) mass is 284 g/mol. The van der Waals surface area contributed by atoms with Gasteiger partial charge in [-0.2, -0.15) is 0 Å². The fourth-order valence-electron chi connectivity index (χ4n) is 1.97. The Morgan fingerprint density at radius 2 is 1.70 bits per heavy atom. The Morgan fingerprint density at radius 3 is 2.45 bits per heavy atom. The van der Waals surface area contributed by atoms with Gasteiger partial charge in [0.2, 0.25) is 0 Å². The van der Waals surface area contributed by atoms with Crippen LogP contribution < -0.4 is 4.72 Å². The van der Waals surface area contributed by atoms with Gasteiger partial charge in [-0.15, -0.1) is 0 Å². The van der Waals surface area contributed by atoms with E-state index in [1.165, 1.54) is 6.20 Å². The van der Waals surface area contributed by atoms with Crippen LogP contribution in [0.2, 0.25) is 0 Å². The predicted octanol–water partition coefficient (Wildman–Crippen LogP) is 3.04. The van der Waals surface area contributed by atoms with Crippen molar-refractivity contribution in [3.63, 3.8) is 0 Å². The second kappa shape index (κ2) is 4.94. The number of nitrogens with zero attached hydrogens (tertiary/aromatic N) is 1. The Kier molecular flexibility index (Phi) is 3.12. The van der Waals surface area contributed by atoms with Crippen LogP contribution >= 0.6 is 0 Å². The number of nitrogens with one attached hydrogen (secondary N) is 1. The lowest BCUT2D eigenvalue weighted by Gasteiger charge is -2.08. The quantitative estimate of drug-likeness (QED) is 0.804. The predicted molar refractivity (Wildman–Crippen MR) is 79.0 cm³/mol. The second-order valence-electron chi connectivity index (χ2n) is 4.36. The van der Waals surface area contributed by atoms with Crippen molar-refractivity contribution in [2.75, 3.05) is 4.72 Å². The average molecular weight is 284 g/mol. The third-order valence-corrected chi connectivity index (χ3v) is 4.32. The SMILES string of the molecule is O=S(=O)(Nc1cccnc1)c1ccc2ccccc2c1. The molecule has 1 N–H and O–H groups in total. The number of hydrogen-bond donors (Lipinski definition) is 1. The summed E-state index contributed by atoms with van der Waals surface area (Å²) >= 11 is 0. The molecule has 0 atom stereocenters. The molecular weight excluding hydrogens is 272 g/mol. The van der Waals surface area contributed by atoms with Gasteiger partial charge in [-0.25, -0.2) is 8.42 Å². The number of rotatable bonds is 3. The van der Waals surface area contributed by atoms with Crippen LogP contribution in [0.15, 0.2) is 71.9 Å². The maximum atomic E-state index is 12.3. The molecule has 0 saturated heterocycles. The van der Waals surface area contributed by atoms with E-state index in [1.54, 1.807) is 36.5 Å². The highest BCUT2D eigenvalue weighted by Crippen LogP contribution is 2.20. The van der Waals surface area contributed by atoms with E-state index in [4.69, 9.17) is 0 Å². The molecule has 5 heteroatoms. The molecule has 0 saturated carbocycles. The summed E-state index contributed by atoms with van der Waals surface area (Å²) in [4.78, 5) is 4.12. The van der Waals surface area contributed by atoms with Gasteiger partial charge in [-0.3, -0.25) is 9.71 Å². The Hall–Kier alpha value is -2.40. The molecule has 20 heavy (non-hydrogen) atoms. The van der Waals surface area contributed by atoms with E-state index in [9.17, 15) is 8.42 Å². The van der Waals surface area contributed by atoms with Gasteiger partial charge in [0.25, 0.3) is 10.0 Å². The molecule has 0 unspecified atom stereocenters. The summed E-state index contributed by atoms with van der Waals surface area (Å²) in [5.74, 6) is 0. The smallest absolute Gasteiger partial charge is 0.261 e. The molecule has 0 aliphatic carbocycles. The van der Waals surface area contributed by atoms with Gasteiger partial charge in [0.15, 0.2) is 0 Å². The van der Waals surface area contributed by atoms with E-state index in [2.05, 4.69) is 9.71 Å². The summed E-state index contributed by atoms with van der Waals surface area (Å²) < 4.78 is 27.1. The van der Waals surface area contributed by atoms with Crippen LogP contribution in [0.1, 0.15) is 0 Å². The first kappa shape index (κ1) is 12.6. The Bertz CT molecular complexity index is 846. The lowest BCUT2D eigenvalue weighted by Crippen LogP contribution is -2.12. The van der Waals surface area contributed by atoms with Crippen molar-refractivity contribution in [1.29, 1.82) is 0 Å². The third kappa shape index (κ3) is 2.48. The van der Waals surface area contributed by atoms with Crippen molar-refractivity contribution < 1.29 is 8.42 Å². The normalized spacial score (nSPS) is 11.4. The van der Waals surface area contributed by atoms with Crippen molar-refractivity contribution in [3.05, 3.63) is 67.0 Å². The fourth-order valence-corrected chi connectivity index (χ4v) is 3.05. The van der Waals surface area contributed by atoms with Crippen LogP contribution in [0.3, 0.4) is 0 Å². The third-order valence-electron chi connectivity index (χ3n) is 2.94. The summed E-state index contributed by atoms with van der Waals surface area (Å²) in [7, 11) is -3.59. The summed E-state index contributed by atoms with van der Waals surface area (Å²) in [6, 6.07) is 16.0. The molecule has 3 rings (SSSR count). The number of pyridine rings is 1. The molecule has 0 spiro atoms. The van der Waals surface area contributed by atoms with E-state index < -0.39 is 10.0 Å². The molecule has 0 aliphatic rings. The van der Waals surface area contributed by atoms with Gasteiger partial charge in [0.05, 0.1) is 16.8 Å². The topological polar surface area (TPSA) is 59.1 Å². The lowest BCUT2D eigenvalue weighted by molar-refractivity contribution is 0.601. The Morgan fingerprint density at radius 1 is 0.900 bits per heavy atom. The van der Waals surface area contributed by atoms with Crippen LogP contribution in [0.5, 0.6) is 0 Å². The number of sulfonamides is 1. The van der Waals surface area contributed by atoms with Gasteiger partial charge >= 0.3 is 0 Å². The molecule has 0 radical (unpaired) electrons. The number of fused-ring (bicyclic) bond motifs is 1. The Labute approximate surface area is 117 Å². The number of hydrogen-bond acceptors (Lipinski definition) is 3. The second-order valence-corrected chi connectivity index (χ2v) is 6.04. The minimum Gasteiger partial charge on any atom is -0.278 e. The number of benzene rings is 2. The minimum atomic E-state index is -3.59. The molecule has 0 aliphatic heterocycles. The van der Waals surface area contributed by atoms with E-state index in [-0.39, 0.29) is 4.90 Å². The standard InChI is InChI=1S/C15H12N2O2S/c18-20(19,17-14-6-3-9-16-11-14)15-8-7-12-4-1-2-5-13(12)10-15/h1-11,17H. The van der Waals surface area contributed by atoms with Crippen molar-refractivity contribution >= 4 is 26.5 Å². The molecule has 3 aromatic rings. The maximum absolute atomic E-state index is 12.3. The van der Waals surface area contributed by atoms with Crippen LogP contribution in [0.25, 0.3) is 10.8 Å². The molecule has 0 bridgehead atoms. The molecule has 1 aromatic heterocycles. The van der Waals surface area contributed by atoms with Crippen molar-refractivity contribution in [2.24, 2.45) is 0 Å². The minimum absolute atomic E-state index is 0.236. The fraction of sp³-hybridized carbons (Fsp3) is 0. The largest absolute Gasteiger partial charge is 0.278 e. The number of anilines is 1. The van der Waals surface area contributed by atoms with E-state index in [0.29, 0.717) is 5.69 Å². The van der Waals surface area contributed by atoms with Crippen LogP contribution in [0.4, 0.5) is 5.69 Å². The van der Waals surface area contributed by atoms with Crippen molar-refractivity contribution in [2.45, 2.75) is 4.90 Å². The van der Waals surface area contributed by atoms with Crippen LogP contribution in [-0.4, -0.2) is 13.4 Å². The van der Waals surface area contributed by atoms with Crippen molar-refractivity contribution in [1.82, 2.24) is 4.98 Å². The molecular formula is C15H12N2O2S. The maximum Gasteiger partial charge on any atom is 0.261 e. The zero-order valence-corrected chi connectivity index (χ0v) is 11.3. The molecule has 2 aromatic carbocycles. The van der Waals surface area contributed by atoms with Gasteiger partial charge in [0, 0.05) is 6.20 Å². The molecule has 4 nitrogen and oxygen atoms in total. The first-order valence-electron chi connectivity index (χ1n) is 6.07. The highest BCUT2D eigenvalue weighted by molar-refractivity contribution is 7.92. The zero-order chi connectivity index (χ0) is 14.0. The van der Waals surface area contributed by atoms with Gasteiger partial charge in [-0.05, 0) is 35.0 Å².